The molecule has 1 saturated carbocycles. The van der Waals surface area contributed by atoms with Gasteiger partial charge in [-0.3, -0.25) is 14.6 Å². The zero-order valence-electron chi connectivity index (χ0n) is 16.1. The van der Waals surface area contributed by atoms with Gasteiger partial charge in [-0.2, -0.15) is 5.10 Å². The van der Waals surface area contributed by atoms with Crippen LogP contribution in [0.2, 0.25) is 0 Å². The Balaban J connectivity index is 1.37. The predicted octanol–water partition coefficient (Wildman–Crippen LogP) is 3.66. The van der Waals surface area contributed by atoms with E-state index in [0.717, 1.165) is 22.6 Å². The Morgan fingerprint density at radius 3 is 2.71 bits per heavy atom. The topological polar surface area (TPSA) is 84.7 Å². The molecule has 0 unspecified atom stereocenters. The van der Waals surface area contributed by atoms with Gasteiger partial charge in [0.15, 0.2) is 0 Å². The molecule has 0 saturated heterocycles. The molecule has 1 aromatic carbocycles. The number of hydrogen-bond donors (Lipinski definition) is 2. The van der Waals surface area contributed by atoms with Crippen molar-refractivity contribution >= 4 is 11.7 Å². The fourth-order valence-electron chi connectivity index (χ4n) is 3.14. The van der Waals surface area contributed by atoms with E-state index in [2.05, 4.69) is 38.7 Å². The molecule has 28 heavy (non-hydrogen) atoms. The third-order valence-electron chi connectivity index (χ3n) is 5.01. The minimum atomic E-state index is -0.211. The Bertz CT molecular complexity index is 978. The zero-order valence-corrected chi connectivity index (χ0v) is 16.1. The largest absolute Gasteiger partial charge is 0.336 e. The molecule has 144 valence electrons. The summed E-state index contributed by atoms with van der Waals surface area (Å²) in [5.74, 6) is 0.558. The highest BCUT2D eigenvalue weighted by molar-refractivity contribution is 5.89. The van der Waals surface area contributed by atoms with Gasteiger partial charge in [0.25, 0.3) is 0 Å². The van der Waals surface area contributed by atoms with E-state index < -0.39 is 0 Å². The first-order valence-electron chi connectivity index (χ1n) is 9.56. The van der Waals surface area contributed by atoms with Crippen LogP contribution in [0.1, 0.15) is 35.6 Å². The van der Waals surface area contributed by atoms with Crippen LogP contribution < -0.4 is 10.6 Å². The van der Waals surface area contributed by atoms with E-state index in [9.17, 15) is 4.79 Å². The number of aromatic nitrogens is 4. The van der Waals surface area contributed by atoms with Gasteiger partial charge in [0.2, 0.25) is 0 Å². The molecule has 1 aliphatic carbocycles. The first-order valence-corrected chi connectivity index (χ1v) is 9.56. The molecule has 0 atom stereocenters. The molecule has 0 radical (unpaired) electrons. The summed E-state index contributed by atoms with van der Waals surface area (Å²) in [6.07, 6.45) is 7.42. The molecule has 1 fully saturated rings. The van der Waals surface area contributed by atoms with Crippen LogP contribution in [-0.2, 0) is 6.54 Å². The smallest absolute Gasteiger partial charge is 0.319 e. The lowest BCUT2D eigenvalue weighted by atomic mass is 10.1. The fraction of sp³-hybridized carbons (Fsp3) is 0.333. The number of amides is 2. The number of carbonyl (C=O) groups is 1. The Morgan fingerprint density at radius 1 is 1.14 bits per heavy atom. The van der Waals surface area contributed by atoms with E-state index in [1.165, 1.54) is 24.1 Å². The number of nitrogens with zero attached hydrogens (tertiary/aromatic N) is 4. The lowest BCUT2D eigenvalue weighted by Crippen LogP contribution is -2.32. The monoisotopic (exact) mass is 376 g/mol. The molecule has 2 aromatic heterocycles. The molecule has 0 bridgehead atoms. The van der Waals surface area contributed by atoms with Crippen LogP contribution in [0.3, 0.4) is 0 Å². The number of anilines is 1. The lowest BCUT2D eigenvalue weighted by Gasteiger charge is -2.10. The molecule has 7 heteroatoms. The average molecular weight is 376 g/mol. The van der Waals surface area contributed by atoms with Crippen LogP contribution >= 0.6 is 0 Å². The third kappa shape index (κ3) is 4.19. The van der Waals surface area contributed by atoms with Gasteiger partial charge >= 0.3 is 6.03 Å². The van der Waals surface area contributed by atoms with Gasteiger partial charge in [-0.05, 0) is 56.0 Å². The van der Waals surface area contributed by atoms with E-state index in [-0.39, 0.29) is 6.03 Å². The van der Waals surface area contributed by atoms with Crippen molar-refractivity contribution in [3.05, 3.63) is 59.7 Å². The number of aryl methyl sites for hydroxylation is 2. The summed E-state index contributed by atoms with van der Waals surface area (Å²) in [5.41, 5.74) is 5.95. The van der Waals surface area contributed by atoms with Crippen LogP contribution in [0, 0.1) is 13.8 Å². The highest BCUT2D eigenvalue weighted by atomic mass is 16.2. The summed E-state index contributed by atoms with van der Waals surface area (Å²) >= 11 is 0. The van der Waals surface area contributed by atoms with Crippen LogP contribution in [-0.4, -0.2) is 32.3 Å². The van der Waals surface area contributed by atoms with Crippen LogP contribution in [0.15, 0.2) is 42.9 Å². The van der Waals surface area contributed by atoms with Gasteiger partial charge in [-0.1, -0.05) is 6.07 Å². The van der Waals surface area contributed by atoms with Gasteiger partial charge in [0, 0.05) is 36.2 Å². The first-order chi connectivity index (χ1) is 13.6. The standard InChI is InChI=1S/C21H24N6O/c1-14-3-6-17(11-15(14)2)25-21(28)24-9-10-27-20(16-4-5-16)12-18(26-27)19-13-22-7-8-23-19/h3,6-8,11-13,16H,4-5,9-10H2,1-2H3,(H2,24,25,28). The van der Waals surface area contributed by atoms with Crippen molar-refractivity contribution in [3.63, 3.8) is 0 Å². The maximum Gasteiger partial charge on any atom is 0.319 e. The quantitative estimate of drug-likeness (QED) is 0.688. The molecule has 1 aliphatic rings. The third-order valence-corrected chi connectivity index (χ3v) is 5.01. The Hall–Kier alpha value is -3.22. The van der Waals surface area contributed by atoms with Crippen LogP contribution in [0.5, 0.6) is 0 Å². The molecule has 2 amide bonds. The number of hydrogen-bond acceptors (Lipinski definition) is 4. The fourth-order valence-corrected chi connectivity index (χ4v) is 3.14. The molecule has 7 nitrogen and oxygen atoms in total. The van der Waals surface area contributed by atoms with Gasteiger partial charge in [0.1, 0.15) is 11.4 Å². The summed E-state index contributed by atoms with van der Waals surface area (Å²) in [7, 11) is 0. The van der Waals surface area contributed by atoms with Crippen molar-refractivity contribution in [2.75, 3.05) is 11.9 Å². The summed E-state index contributed by atoms with van der Waals surface area (Å²) < 4.78 is 1.98. The molecule has 2 heterocycles. The summed E-state index contributed by atoms with van der Waals surface area (Å²) in [4.78, 5) is 20.6. The zero-order chi connectivity index (χ0) is 19.5. The van der Waals surface area contributed by atoms with Crippen LogP contribution in [0.4, 0.5) is 10.5 Å². The predicted molar refractivity (Wildman–Crippen MR) is 108 cm³/mol. The van der Waals surface area contributed by atoms with Gasteiger partial charge in [0.05, 0.1) is 12.7 Å². The summed E-state index contributed by atoms with van der Waals surface area (Å²) in [5, 5.41) is 10.5. The van der Waals surface area contributed by atoms with Gasteiger partial charge in [-0.25, -0.2) is 4.79 Å². The molecule has 3 aromatic rings. The van der Waals surface area contributed by atoms with Crippen LogP contribution in [0.25, 0.3) is 11.4 Å². The number of benzene rings is 1. The van der Waals surface area contributed by atoms with Crippen molar-refractivity contribution in [3.8, 4) is 11.4 Å². The van der Waals surface area contributed by atoms with E-state index in [4.69, 9.17) is 0 Å². The Morgan fingerprint density at radius 2 is 2.00 bits per heavy atom. The van der Waals surface area contributed by atoms with E-state index >= 15 is 0 Å². The highest BCUT2D eigenvalue weighted by Crippen LogP contribution is 2.41. The summed E-state index contributed by atoms with van der Waals surface area (Å²) in [6.45, 7) is 5.20. The number of carbonyl (C=O) groups excluding carboxylic acids is 1. The minimum absolute atomic E-state index is 0.211. The molecule has 0 aliphatic heterocycles. The Kier molecular flexibility index (Phi) is 5.06. The number of urea groups is 1. The molecular weight excluding hydrogens is 352 g/mol. The second-order valence-corrected chi connectivity index (χ2v) is 7.22. The van der Waals surface area contributed by atoms with Crippen molar-refractivity contribution in [2.24, 2.45) is 0 Å². The van der Waals surface area contributed by atoms with E-state index in [1.54, 1.807) is 18.6 Å². The second-order valence-electron chi connectivity index (χ2n) is 7.22. The average Bonchev–Trinajstić information content (AvgIpc) is 3.45. The molecule has 4 rings (SSSR count). The second kappa shape index (κ2) is 7.80. The van der Waals surface area contributed by atoms with Gasteiger partial charge < -0.3 is 10.6 Å². The van der Waals surface area contributed by atoms with Crippen molar-refractivity contribution in [2.45, 2.75) is 39.2 Å². The van der Waals surface area contributed by atoms with E-state index in [0.29, 0.717) is 19.0 Å². The Labute approximate surface area is 164 Å². The van der Waals surface area contributed by atoms with Crippen molar-refractivity contribution < 1.29 is 4.79 Å². The van der Waals surface area contributed by atoms with Crippen molar-refractivity contribution in [1.82, 2.24) is 25.1 Å². The normalized spacial score (nSPS) is 13.4. The summed E-state index contributed by atoms with van der Waals surface area (Å²) in [6, 6.07) is 7.77. The first kappa shape index (κ1) is 18.2. The number of nitrogens with one attached hydrogen (secondary N) is 2. The molecular formula is C21H24N6O. The maximum absolute atomic E-state index is 12.2. The number of rotatable bonds is 6. The SMILES string of the molecule is Cc1ccc(NC(=O)NCCn2nc(-c3cnccn3)cc2C2CC2)cc1C. The highest BCUT2D eigenvalue weighted by Gasteiger charge is 2.28. The lowest BCUT2D eigenvalue weighted by molar-refractivity contribution is 0.251. The maximum atomic E-state index is 12.2. The van der Waals surface area contributed by atoms with Crippen molar-refractivity contribution in [1.29, 1.82) is 0 Å². The molecule has 2 N–H and O–H groups in total. The van der Waals surface area contributed by atoms with E-state index in [1.807, 2.05) is 29.8 Å². The minimum Gasteiger partial charge on any atom is -0.336 e. The molecule has 0 spiro atoms. The van der Waals surface area contributed by atoms with Gasteiger partial charge in [-0.15, -0.1) is 0 Å².